The van der Waals surface area contributed by atoms with Crippen LogP contribution in [-0.4, -0.2) is 37.2 Å². The third kappa shape index (κ3) is 66.4. The molecule has 0 aromatic carbocycles. The molecule has 0 saturated carbocycles. The highest BCUT2D eigenvalue weighted by Gasteiger charge is 2.19. The number of carbonyl (C=O) groups is 3. The van der Waals surface area contributed by atoms with Crippen LogP contribution >= 0.6 is 0 Å². The van der Waals surface area contributed by atoms with Gasteiger partial charge in [-0.15, -0.1) is 0 Å². The molecule has 0 N–H and O–H groups in total. The Balaban J connectivity index is 4.30. The molecule has 0 bridgehead atoms. The molecule has 1 unspecified atom stereocenters. The highest BCUT2D eigenvalue weighted by molar-refractivity contribution is 5.71. The highest BCUT2D eigenvalue weighted by Crippen LogP contribution is 2.16. The summed E-state index contributed by atoms with van der Waals surface area (Å²) >= 11 is 0. The van der Waals surface area contributed by atoms with Crippen LogP contribution in [0, 0.1) is 0 Å². The van der Waals surface area contributed by atoms with Crippen LogP contribution in [0.5, 0.6) is 0 Å². The zero-order valence-electron chi connectivity index (χ0n) is 53.5. The first kappa shape index (κ1) is 77.5. The highest BCUT2D eigenvalue weighted by atomic mass is 16.6. The van der Waals surface area contributed by atoms with Crippen molar-refractivity contribution in [3.63, 3.8) is 0 Å². The molecule has 6 nitrogen and oxygen atoms in total. The molecular weight excluding hydrogens is 1010 g/mol. The summed E-state index contributed by atoms with van der Waals surface area (Å²) in [6.45, 7) is 6.38. The third-order valence-electron chi connectivity index (χ3n) is 14.4. The van der Waals surface area contributed by atoms with Gasteiger partial charge in [-0.1, -0.05) is 289 Å². The maximum atomic E-state index is 12.9. The Labute approximate surface area is 506 Å². The normalized spacial score (nSPS) is 13.0. The first-order valence-corrected chi connectivity index (χ1v) is 34.2. The van der Waals surface area contributed by atoms with E-state index in [9.17, 15) is 14.4 Å². The third-order valence-corrected chi connectivity index (χ3v) is 14.4. The molecule has 6 heteroatoms. The molecule has 0 aromatic rings. The number of carbonyl (C=O) groups excluding carboxylic acids is 3. The zero-order chi connectivity index (χ0) is 59.2. The lowest BCUT2D eigenvalue weighted by molar-refractivity contribution is -0.167. The van der Waals surface area contributed by atoms with Gasteiger partial charge in [0.2, 0.25) is 0 Å². The molecule has 0 aliphatic rings. The predicted molar refractivity (Wildman–Crippen MR) is 357 cm³/mol. The number of allylic oxidation sites excluding steroid dienone is 22. The van der Waals surface area contributed by atoms with Gasteiger partial charge >= 0.3 is 17.9 Å². The van der Waals surface area contributed by atoms with Crippen LogP contribution < -0.4 is 0 Å². The average molecular weight is 1140 g/mol. The minimum atomic E-state index is -0.802. The maximum absolute atomic E-state index is 12.9. The molecule has 0 fully saturated rings. The summed E-state index contributed by atoms with van der Waals surface area (Å²) in [4.78, 5) is 38.4. The number of hydrogen-bond donors (Lipinski definition) is 0. The molecule has 0 rings (SSSR count). The van der Waals surface area contributed by atoms with Crippen LogP contribution in [0.3, 0.4) is 0 Å². The minimum absolute atomic E-state index is 0.0943. The van der Waals surface area contributed by atoms with Crippen molar-refractivity contribution in [1.82, 2.24) is 0 Å². The van der Waals surface area contributed by atoms with Crippen molar-refractivity contribution >= 4 is 17.9 Å². The molecular formula is C76H126O6. The summed E-state index contributed by atoms with van der Waals surface area (Å²) in [5.41, 5.74) is 0. The van der Waals surface area contributed by atoms with Gasteiger partial charge in [0.25, 0.3) is 0 Å². The summed E-state index contributed by atoms with van der Waals surface area (Å²) < 4.78 is 16.9. The zero-order valence-corrected chi connectivity index (χ0v) is 53.5. The topological polar surface area (TPSA) is 78.9 Å². The molecule has 0 spiro atoms. The van der Waals surface area contributed by atoms with Crippen molar-refractivity contribution in [3.05, 3.63) is 134 Å². The smallest absolute Gasteiger partial charge is 0.306 e. The number of ether oxygens (including phenoxy) is 3. The standard InChI is InChI=1S/C76H126O6/c1-4-7-10-13-16-19-22-25-28-31-32-33-34-35-36-37-38-39-40-41-42-43-44-46-48-51-54-57-60-63-66-69-75(78)81-72-73(71-80-74(77)68-65-62-59-56-53-50-47-30-27-24-21-18-15-12-9-6-3)82-76(79)70-67-64-61-58-55-52-49-45-29-26-23-20-17-14-11-8-5-2/h7-8,10-11,16-17,19-21,24-26,28-30,32-33,35-36,47,49,52,73H,4-6,9,12-15,18,22-23,27,31,34,37-46,48,50-51,53-72H2,1-3H3/b10-7-,11-8-,19-16-,20-17-,24-21-,28-25-,29-26-,33-32-,36-35-,47-30-,52-49-. The van der Waals surface area contributed by atoms with Gasteiger partial charge in [-0.25, -0.2) is 0 Å². The van der Waals surface area contributed by atoms with Crippen LogP contribution in [0.4, 0.5) is 0 Å². The van der Waals surface area contributed by atoms with Crippen molar-refractivity contribution in [1.29, 1.82) is 0 Å². The van der Waals surface area contributed by atoms with E-state index in [0.717, 1.165) is 154 Å². The fraction of sp³-hybridized carbons (Fsp3) is 0.671. The number of esters is 3. The van der Waals surface area contributed by atoms with E-state index in [4.69, 9.17) is 14.2 Å². The fourth-order valence-corrected chi connectivity index (χ4v) is 9.32. The van der Waals surface area contributed by atoms with Gasteiger partial charge in [0.05, 0.1) is 0 Å². The predicted octanol–water partition coefficient (Wildman–Crippen LogP) is 23.7. The van der Waals surface area contributed by atoms with Gasteiger partial charge in [0.15, 0.2) is 6.10 Å². The van der Waals surface area contributed by atoms with Crippen LogP contribution in [0.15, 0.2) is 134 Å². The Morgan fingerprint density at radius 3 is 0.744 bits per heavy atom. The van der Waals surface area contributed by atoms with Crippen molar-refractivity contribution in [2.24, 2.45) is 0 Å². The van der Waals surface area contributed by atoms with Gasteiger partial charge < -0.3 is 14.2 Å². The first-order chi connectivity index (χ1) is 40.5. The Morgan fingerprint density at radius 1 is 0.256 bits per heavy atom. The van der Waals surface area contributed by atoms with Crippen molar-refractivity contribution < 1.29 is 28.6 Å². The van der Waals surface area contributed by atoms with E-state index in [0.29, 0.717) is 19.3 Å². The average Bonchev–Trinajstić information content (AvgIpc) is 3.48. The molecule has 0 saturated heterocycles. The fourth-order valence-electron chi connectivity index (χ4n) is 9.32. The molecule has 0 aliphatic carbocycles. The molecule has 1 atom stereocenters. The summed E-state index contributed by atoms with van der Waals surface area (Å²) in [5, 5.41) is 0. The number of hydrogen-bond acceptors (Lipinski definition) is 6. The van der Waals surface area contributed by atoms with Gasteiger partial charge in [-0.2, -0.15) is 0 Å². The molecule has 0 aromatic heterocycles. The van der Waals surface area contributed by atoms with Gasteiger partial charge in [0, 0.05) is 19.3 Å². The second kappa shape index (κ2) is 69.0. The molecule has 0 radical (unpaired) electrons. The lowest BCUT2D eigenvalue weighted by Gasteiger charge is -2.18. The molecule has 466 valence electrons. The quantitative estimate of drug-likeness (QED) is 0.0261. The van der Waals surface area contributed by atoms with E-state index in [1.165, 1.54) is 116 Å². The summed E-state index contributed by atoms with van der Waals surface area (Å²) in [7, 11) is 0. The van der Waals surface area contributed by atoms with Crippen molar-refractivity contribution in [2.75, 3.05) is 13.2 Å². The second-order valence-electron chi connectivity index (χ2n) is 22.3. The Hall–Kier alpha value is -4.45. The van der Waals surface area contributed by atoms with Gasteiger partial charge in [-0.05, 0) is 135 Å². The summed E-state index contributed by atoms with van der Waals surface area (Å²) in [5.74, 6) is -0.926. The minimum Gasteiger partial charge on any atom is -0.462 e. The van der Waals surface area contributed by atoms with E-state index in [-0.39, 0.29) is 31.1 Å². The Kier molecular flexibility index (Phi) is 65.3. The monoisotopic (exact) mass is 1130 g/mol. The number of rotatable bonds is 61. The maximum Gasteiger partial charge on any atom is 0.306 e. The Bertz CT molecular complexity index is 1730. The van der Waals surface area contributed by atoms with Crippen LogP contribution in [-0.2, 0) is 28.6 Å². The summed E-state index contributed by atoms with van der Waals surface area (Å²) in [6, 6.07) is 0. The first-order valence-electron chi connectivity index (χ1n) is 34.2. The van der Waals surface area contributed by atoms with Crippen LogP contribution in [0.1, 0.15) is 310 Å². The van der Waals surface area contributed by atoms with E-state index >= 15 is 0 Å². The van der Waals surface area contributed by atoms with E-state index < -0.39 is 6.10 Å². The van der Waals surface area contributed by atoms with Crippen molar-refractivity contribution in [3.8, 4) is 0 Å². The lowest BCUT2D eigenvalue weighted by atomic mass is 10.0. The van der Waals surface area contributed by atoms with Gasteiger partial charge in [0.1, 0.15) is 13.2 Å². The largest absolute Gasteiger partial charge is 0.462 e. The lowest BCUT2D eigenvalue weighted by Crippen LogP contribution is -2.30. The summed E-state index contributed by atoms with van der Waals surface area (Å²) in [6.07, 6.45) is 97.6. The van der Waals surface area contributed by atoms with Crippen molar-refractivity contribution in [2.45, 2.75) is 316 Å². The van der Waals surface area contributed by atoms with E-state index in [2.05, 4.69) is 154 Å². The molecule has 0 aliphatic heterocycles. The van der Waals surface area contributed by atoms with E-state index in [1.807, 2.05) is 0 Å². The van der Waals surface area contributed by atoms with Crippen LogP contribution in [0.25, 0.3) is 0 Å². The van der Waals surface area contributed by atoms with E-state index in [1.54, 1.807) is 0 Å². The molecule has 0 heterocycles. The SMILES string of the molecule is CC/C=C\C/C=C\C/C=C\C/C=C\C/C=C\CCCCCCCCCCCCCCCCCC(=O)OCC(COC(=O)CCCCCCC/C=C\C/C=C\CCCCCC)OC(=O)CCCCCC/C=C\C/C=C\C/C=C\C/C=C\CC. The number of unbranched alkanes of at least 4 members (excludes halogenated alkanes) is 28. The Morgan fingerprint density at radius 2 is 0.476 bits per heavy atom. The van der Waals surface area contributed by atoms with Crippen LogP contribution in [0.2, 0.25) is 0 Å². The van der Waals surface area contributed by atoms with Gasteiger partial charge in [-0.3, -0.25) is 14.4 Å². The molecule has 0 amide bonds. The molecule has 82 heavy (non-hydrogen) atoms. The second-order valence-corrected chi connectivity index (χ2v) is 22.3.